The molecule has 0 N–H and O–H groups in total. The first-order valence-corrected chi connectivity index (χ1v) is 7.38. The SMILES string of the molecule is CC1CN(C(=O)c2ccc([N+](=O)[O-])cc2)CC(CBr)O1. The third-order valence-corrected chi connectivity index (χ3v) is 3.83. The maximum absolute atomic E-state index is 12.4. The molecule has 6 nitrogen and oxygen atoms in total. The molecule has 2 atom stereocenters. The van der Waals surface area contributed by atoms with Gasteiger partial charge < -0.3 is 9.64 Å². The predicted octanol–water partition coefficient (Wildman–Crippen LogP) is 2.22. The van der Waals surface area contributed by atoms with Crippen LogP contribution < -0.4 is 0 Å². The summed E-state index contributed by atoms with van der Waals surface area (Å²) >= 11 is 3.36. The molecule has 1 aromatic carbocycles. The van der Waals surface area contributed by atoms with Crippen molar-refractivity contribution >= 4 is 27.5 Å². The number of carbonyl (C=O) groups is 1. The van der Waals surface area contributed by atoms with E-state index in [2.05, 4.69) is 15.9 Å². The smallest absolute Gasteiger partial charge is 0.269 e. The van der Waals surface area contributed by atoms with E-state index in [0.29, 0.717) is 24.0 Å². The van der Waals surface area contributed by atoms with Crippen molar-refractivity contribution in [1.29, 1.82) is 0 Å². The van der Waals surface area contributed by atoms with Gasteiger partial charge in [0.05, 0.1) is 17.1 Å². The lowest BCUT2D eigenvalue weighted by Crippen LogP contribution is -2.49. The second-order valence-electron chi connectivity index (χ2n) is 4.74. The fourth-order valence-corrected chi connectivity index (χ4v) is 2.56. The van der Waals surface area contributed by atoms with Gasteiger partial charge in [-0.1, -0.05) is 15.9 Å². The normalized spacial score (nSPS) is 22.6. The number of ether oxygens (including phenoxy) is 1. The van der Waals surface area contributed by atoms with Crippen LogP contribution in [0.25, 0.3) is 0 Å². The van der Waals surface area contributed by atoms with Crippen LogP contribution in [-0.4, -0.2) is 46.4 Å². The predicted molar refractivity (Wildman–Crippen MR) is 77.1 cm³/mol. The molecular formula is C13H15BrN2O4. The minimum atomic E-state index is -0.480. The van der Waals surface area contributed by atoms with Crippen LogP contribution in [0.3, 0.4) is 0 Å². The van der Waals surface area contributed by atoms with Gasteiger partial charge in [-0.05, 0) is 19.1 Å². The van der Waals surface area contributed by atoms with Crippen molar-refractivity contribution < 1.29 is 14.5 Å². The highest BCUT2D eigenvalue weighted by atomic mass is 79.9. The van der Waals surface area contributed by atoms with Crippen LogP contribution in [0.15, 0.2) is 24.3 Å². The second-order valence-corrected chi connectivity index (χ2v) is 5.38. The molecule has 1 aliphatic heterocycles. The van der Waals surface area contributed by atoms with E-state index in [1.807, 2.05) is 6.92 Å². The van der Waals surface area contributed by atoms with Crippen LogP contribution in [0.4, 0.5) is 5.69 Å². The van der Waals surface area contributed by atoms with E-state index in [4.69, 9.17) is 4.74 Å². The number of hydrogen-bond acceptors (Lipinski definition) is 4. The molecule has 0 saturated carbocycles. The number of hydrogen-bond donors (Lipinski definition) is 0. The topological polar surface area (TPSA) is 72.7 Å². The first-order valence-electron chi connectivity index (χ1n) is 6.26. The van der Waals surface area contributed by atoms with Crippen LogP contribution in [0.5, 0.6) is 0 Å². The summed E-state index contributed by atoms with van der Waals surface area (Å²) in [6.07, 6.45) is -0.0472. The van der Waals surface area contributed by atoms with Crippen LogP contribution >= 0.6 is 15.9 Å². The lowest BCUT2D eigenvalue weighted by Gasteiger charge is -2.36. The number of amides is 1. The molecule has 0 radical (unpaired) electrons. The van der Waals surface area contributed by atoms with Gasteiger partial charge in [0.2, 0.25) is 0 Å². The van der Waals surface area contributed by atoms with Gasteiger partial charge in [0.1, 0.15) is 0 Å². The lowest BCUT2D eigenvalue weighted by atomic mass is 10.1. The van der Waals surface area contributed by atoms with E-state index in [-0.39, 0.29) is 23.8 Å². The van der Waals surface area contributed by atoms with Crippen LogP contribution in [-0.2, 0) is 4.74 Å². The minimum absolute atomic E-state index is 0.0183. The molecule has 1 amide bonds. The summed E-state index contributed by atoms with van der Waals surface area (Å²) in [5, 5.41) is 11.3. The van der Waals surface area contributed by atoms with Crippen LogP contribution in [0.2, 0.25) is 0 Å². The summed E-state index contributed by atoms with van der Waals surface area (Å²) in [4.78, 5) is 24.2. The summed E-state index contributed by atoms with van der Waals surface area (Å²) in [6.45, 7) is 2.97. The number of rotatable bonds is 3. The Labute approximate surface area is 125 Å². The van der Waals surface area contributed by atoms with Crippen molar-refractivity contribution in [3.05, 3.63) is 39.9 Å². The Balaban J connectivity index is 2.11. The highest BCUT2D eigenvalue weighted by Gasteiger charge is 2.28. The molecule has 20 heavy (non-hydrogen) atoms. The second kappa shape index (κ2) is 6.32. The van der Waals surface area contributed by atoms with E-state index in [9.17, 15) is 14.9 Å². The fourth-order valence-electron chi connectivity index (χ4n) is 2.20. The van der Waals surface area contributed by atoms with Gasteiger partial charge in [-0.2, -0.15) is 0 Å². The molecular weight excluding hydrogens is 328 g/mol. The Hall–Kier alpha value is -1.47. The molecule has 0 aliphatic carbocycles. The first-order chi connectivity index (χ1) is 9.51. The minimum Gasteiger partial charge on any atom is -0.371 e. The Morgan fingerprint density at radius 3 is 2.65 bits per heavy atom. The maximum atomic E-state index is 12.4. The van der Waals surface area contributed by atoms with Crippen LogP contribution in [0, 0.1) is 10.1 Å². The van der Waals surface area contributed by atoms with Crippen molar-refractivity contribution in [2.24, 2.45) is 0 Å². The first kappa shape index (κ1) is 14.9. The molecule has 1 aromatic rings. The summed E-state index contributed by atoms with van der Waals surface area (Å²) in [5.41, 5.74) is 0.438. The standard InChI is InChI=1S/C13H15BrN2O4/c1-9-7-15(8-12(6-14)20-9)13(17)10-2-4-11(5-3-10)16(18)19/h2-5,9,12H,6-8H2,1H3. The van der Waals surface area contributed by atoms with Crippen molar-refractivity contribution in [2.75, 3.05) is 18.4 Å². The highest BCUT2D eigenvalue weighted by Crippen LogP contribution is 2.18. The number of nitro benzene ring substituents is 1. The zero-order valence-electron chi connectivity index (χ0n) is 11.0. The number of nitrogens with zero attached hydrogens (tertiary/aromatic N) is 2. The van der Waals surface area contributed by atoms with Gasteiger partial charge in [0.15, 0.2) is 0 Å². The van der Waals surface area contributed by atoms with Gasteiger partial charge >= 0.3 is 0 Å². The number of carbonyl (C=O) groups excluding carboxylic acids is 1. The molecule has 2 unspecified atom stereocenters. The fraction of sp³-hybridized carbons (Fsp3) is 0.462. The van der Waals surface area contributed by atoms with Crippen molar-refractivity contribution in [3.8, 4) is 0 Å². The van der Waals surface area contributed by atoms with Gasteiger partial charge in [-0.15, -0.1) is 0 Å². The summed E-state index contributed by atoms with van der Waals surface area (Å²) in [6, 6.07) is 5.67. The van der Waals surface area contributed by atoms with E-state index < -0.39 is 4.92 Å². The Kier molecular flexibility index (Phi) is 4.72. The quantitative estimate of drug-likeness (QED) is 0.479. The van der Waals surface area contributed by atoms with Gasteiger partial charge in [-0.25, -0.2) is 0 Å². The molecule has 1 heterocycles. The van der Waals surface area contributed by atoms with E-state index >= 15 is 0 Å². The number of morpholine rings is 1. The van der Waals surface area contributed by atoms with Gasteiger partial charge in [0, 0.05) is 36.1 Å². The monoisotopic (exact) mass is 342 g/mol. The van der Waals surface area contributed by atoms with E-state index in [0.717, 1.165) is 0 Å². The Bertz CT molecular complexity index is 506. The van der Waals surface area contributed by atoms with Crippen molar-refractivity contribution in [3.63, 3.8) is 0 Å². The maximum Gasteiger partial charge on any atom is 0.269 e. The summed E-state index contributed by atoms with van der Waals surface area (Å²) in [5.74, 6) is -0.124. The molecule has 1 fully saturated rings. The van der Waals surface area contributed by atoms with Gasteiger partial charge in [0.25, 0.3) is 11.6 Å². The third-order valence-electron chi connectivity index (χ3n) is 3.11. The number of benzene rings is 1. The largest absolute Gasteiger partial charge is 0.371 e. The average Bonchev–Trinajstić information content (AvgIpc) is 2.45. The number of non-ortho nitro benzene ring substituents is 1. The van der Waals surface area contributed by atoms with Crippen molar-refractivity contribution in [2.45, 2.75) is 19.1 Å². The number of alkyl halides is 1. The average molecular weight is 343 g/mol. The molecule has 2 rings (SSSR count). The Morgan fingerprint density at radius 2 is 2.10 bits per heavy atom. The molecule has 1 aliphatic rings. The molecule has 0 bridgehead atoms. The Morgan fingerprint density at radius 1 is 1.45 bits per heavy atom. The highest BCUT2D eigenvalue weighted by molar-refractivity contribution is 9.09. The molecule has 1 saturated heterocycles. The molecule has 0 aromatic heterocycles. The van der Waals surface area contributed by atoms with E-state index in [1.54, 1.807) is 4.90 Å². The zero-order chi connectivity index (χ0) is 14.7. The third kappa shape index (κ3) is 3.34. The molecule has 7 heteroatoms. The van der Waals surface area contributed by atoms with Crippen LogP contribution in [0.1, 0.15) is 17.3 Å². The van der Waals surface area contributed by atoms with Crippen molar-refractivity contribution in [1.82, 2.24) is 4.90 Å². The summed E-state index contributed by atoms with van der Waals surface area (Å²) < 4.78 is 5.67. The molecule has 108 valence electrons. The summed E-state index contributed by atoms with van der Waals surface area (Å²) in [7, 11) is 0. The van der Waals surface area contributed by atoms with Gasteiger partial charge in [-0.3, -0.25) is 14.9 Å². The lowest BCUT2D eigenvalue weighted by molar-refractivity contribution is -0.384. The molecule has 0 spiro atoms. The number of nitro groups is 1. The number of halogens is 1. The van der Waals surface area contributed by atoms with E-state index in [1.165, 1.54) is 24.3 Å². The zero-order valence-corrected chi connectivity index (χ0v) is 12.6.